The van der Waals surface area contributed by atoms with Crippen LogP contribution in [0.3, 0.4) is 0 Å². The molecule has 0 heterocycles. The van der Waals surface area contributed by atoms with Crippen molar-refractivity contribution in [3.05, 3.63) is 376 Å². The molecule has 0 bridgehead atoms. The molecule has 0 amide bonds. The number of rotatable bonds is 7. The summed E-state index contributed by atoms with van der Waals surface area (Å²) in [7, 11) is 0. The summed E-state index contributed by atoms with van der Waals surface area (Å²) in [6.45, 7) is 0. The Morgan fingerprint density at radius 2 is 0.575 bits per heavy atom. The molecule has 80 heavy (non-hydrogen) atoms. The van der Waals surface area contributed by atoms with E-state index >= 15 is 0 Å². The molecule has 0 aliphatic heterocycles. The lowest BCUT2D eigenvalue weighted by atomic mass is 9.67. The fraction of sp³-hybridized carbons (Fsp3) is 0.0380. The number of nitrogens with zero attached hydrogens (tertiary/aromatic N) is 1. The van der Waals surface area contributed by atoms with Crippen molar-refractivity contribution in [1.29, 1.82) is 0 Å². The van der Waals surface area contributed by atoms with Crippen LogP contribution < -0.4 is 4.90 Å². The lowest BCUT2D eigenvalue weighted by Gasteiger charge is -2.36. The lowest BCUT2D eigenvalue weighted by molar-refractivity contribution is 0.767. The molecule has 0 saturated heterocycles. The van der Waals surface area contributed by atoms with Crippen molar-refractivity contribution < 1.29 is 0 Å². The molecule has 4 aliphatic carbocycles. The Morgan fingerprint density at radius 3 is 1.11 bits per heavy atom. The molecule has 13 aromatic rings. The van der Waals surface area contributed by atoms with Crippen LogP contribution in [-0.2, 0) is 16.2 Å². The molecule has 0 saturated carbocycles. The normalized spacial score (nSPS) is 15.8. The topological polar surface area (TPSA) is 3.24 Å². The first-order valence-electron chi connectivity index (χ1n) is 28.1. The standard InChI is InChI=1S/C79H51N/c1-3-25-54(26-4-1)77(67-37-15-9-31-60(67)61-32-10-16-38-68(61)77)56-45-47-58(48-46-56)80(59-30-21-29-57(51-59)78(55-27-5-2-6-28-55)69-39-17-11-33-62(69)63-34-12-18-40-70(63)78)75-44-22-43-73-76(75)65-36-14-20-42-72(65)79(73)71-41-19-13-35-64(71)66-49-52-23-7-8-24-53(52)50-74(66)79/h1-51H. The van der Waals surface area contributed by atoms with Crippen molar-refractivity contribution in [1.82, 2.24) is 0 Å². The van der Waals surface area contributed by atoms with E-state index in [1.807, 2.05) is 0 Å². The second-order valence-corrected chi connectivity index (χ2v) is 22.1. The summed E-state index contributed by atoms with van der Waals surface area (Å²) >= 11 is 0. The summed E-state index contributed by atoms with van der Waals surface area (Å²) in [5, 5.41) is 2.51. The highest BCUT2D eigenvalue weighted by atomic mass is 15.1. The smallest absolute Gasteiger partial charge is 0.0726 e. The van der Waals surface area contributed by atoms with Crippen molar-refractivity contribution >= 4 is 27.8 Å². The number of hydrogen-bond acceptors (Lipinski definition) is 1. The summed E-state index contributed by atoms with van der Waals surface area (Å²) in [6, 6.07) is 117. The van der Waals surface area contributed by atoms with Gasteiger partial charge in [-0.1, -0.05) is 267 Å². The van der Waals surface area contributed by atoms with Gasteiger partial charge in [-0.15, -0.1) is 0 Å². The predicted octanol–water partition coefficient (Wildman–Crippen LogP) is 19.4. The summed E-state index contributed by atoms with van der Waals surface area (Å²) in [4.78, 5) is 2.57. The van der Waals surface area contributed by atoms with E-state index in [9.17, 15) is 0 Å². The summed E-state index contributed by atoms with van der Waals surface area (Å²) < 4.78 is 0. The van der Waals surface area contributed by atoms with Gasteiger partial charge < -0.3 is 4.90 Å². The van der Waals surface area contributed by atoms with Gasteiger partial charge in [-0.05, 0) is 159 Å². The van der Waals surface area contributed by atoms with E-state index in [4.69, 9.17) is 0 Å². The van der Waals surface area contributed by atoms with Crippen LogP contribution in [0, 0.1) is 0 Å². The maximum absolute atomic E-state index is 2.57. The first-order chi connectivity index (χ1) is 39.7. The minimum Gasteiger partial charge on any atom is -0.310 e. The Labute approximate surface area is 467 Å². The van der Waals surface area contributed by atoms with Crippen LogP contribution >= 0.6 is 0 Å². The van der Waals surface area contributed by atoms with E-state index in [1.54, 1.807) is 0 Å². The van der Waals surface area contributed by atoms with Gasteiger partial charge in [0.15, 0.2) is 0 Å². The van der Waals surface area contributed by atoms with Crippen molar-refractivity contribution in [3.63, 3.8) is 0 Å². The van der Waals surface area contributed by atoms with E-state index in [0.29, 0.717) is 0 Å². The summed E-state index contributed by atoms with van der Waals surface area (Å²) in [5.41, 5.74) is 27.3. The van der Waals surface area contributed by atoms with E-state index in [0.717, 1.165) is 17.1 Å². The highest BCUT2D eigenvalue weighted by Crippen LogP contribution is 2.66. The van der Waals surface area contributed by atoms with E-state index in [2.05, 4.69) is 314 Å². The van der Waals surface area contributed by atoms with Gasteiger partial charge in [-0.25, -0.2) is 0 Å². The number of hydrogen-bond donors (Lipinski definition) is 0. The molecule has 13 aromatic carbocycles. The first-order valence-corrected chi connectivity index (χ1v) is 28.1. The fourth-order valence-electron chi connectivity index (χ4n) is 15.6. The largest absolute Gasteiger partial charge is 0.310 e. The number of benzene rings is 13. The molecular weight excluding hydrogens is 963 g/mol. The van der Waals surface area contributed by atoms with Gasteiger partial charge in [0.2, 0.25) is 0 Å². The molecular formula is C79H51N. The Bertz CT molecular complexity index is 4570. The van der Waals surface area contributed by atoms with Crippen LogP contribution in [0.4, 0.5) is 17.1 Å². The summed E-state index contributed by atoms with van der Waals surface area (Å²) in [5.74, 6) is 0. The van der Waals surface area contributed by atoms with Gasteiger partial charge in [0.05, 0.1) is 21.9 Å². The monoisotopic (exact) mass is 1010 g/mol. The highest BCUT2D eigenvalue weighted by molar-refractivity contribution is 6.04. The van der Waals surface area contributed by atoms with E-state index < -0.39 is 16.2 Å². The van der Waals surface area contributed by atoms with Gasteiger partial charge in [0.1, 0.15) is 0 Å². The first kappa shape index (κ1) is 45.0. The van der Waals surface area contributed by atoms with E-state index in [-0.39, 0.29) is 0 Å². The second-order valence-electron chi connectivity index (χ2n) is 22.1. The lowest BCUT2D eigenvalue weighted by Crippen LogP contribution is -2.29. The Kier molecular flexibility index (Phi) is 9.54. The van der Waals surface area contributed by atoms with Crippen molar-refractivity contribution in [2.24, 2.45) is 0 Å². The Hall–Kier alpha value is -10.1. The van der Waals surface area contributed by atoms with Crippen LogP contribution in [0.2, 0.25) is 0 Å². The van der Waals surface area contributed by atoms with Crippen molar-refractivity contribution in [3.8, 4) is 44.5 Å². The molecule has 0 N–H and O–H groups in total. The number of fused-ring (bicyclic) bond motifs is 17. The van der Waals surface area contributed by atoms with Gasteiger partial charge in [0, 0.05) is 16.9 Å². The third-order valence-corrected chi connectivity index (χ3v) is 18.6. The number of anilines is 3. The molecule has 17 rings (SSSR count). The SMILES string of the molecule is c1ccc(C2(c3ccc(N(c4cccc(C5(c6ccccc6)c6ccccc6-c6ccccc65)c4)c4cccc5c4-c4ccccc4C54c5ccccc5-c5cc6ccccc6cc54)cc3)c3ccccc3-c3ccccc32)cc1. The van der Waals surface area contributed by atoms with Crippen LogP contribution in [0.25, 0.3) is 55.3 Å². The zero-order valence-corrected chi connectivity index (χ0v) is 43.9. The zero-order valence-electron chi connectivity index (χ0n) is 43.9. The molecule has 1 unspecified atom stereocenters. The minimum atomic E-state index is -0.583. The average molecular weight is 1010 g/mol. The molecule has 1 heteroatoms. The minimum absolute atomic E-state index is 0.532. The molecule has 0 fully saturated rings. The molecule has 0 aromatic heterocycles. The molecule has 4 aliphatic rings. The van der Waals surface area contributed by atoms with E-state index in [1.165, 1.54) is 122 Å². The fourth-order valence-corrected chi connectivity index (χ4v) is 15.6. The second kappa shape index (κ2) is 17.0. The molecule has 372 valence electrons. The average Bonchev–Trinajstić information content (AvgIpc) is 3.33. The van der Waals surface area contributed by atoms with Gasteiger partial charge >= 0.3 is 0 Å². The predicted molar refractivity (Wildman–Crippen MR) is 330 cm³/mol. The van der Waals surface area contributed by atoms with Crippen molar-refractivity contribution in [2.75, 3.05) is 4.90 Å². The summed E-state index contributed by atoms with van der Waals surface area (Å²) in [6.07, 6.45) is 0. The van der Waals surface area contributed by atoms with Crippen molar-refractivity contribution in [2.45, 2.75) is 16.2 Å². The van der Waals surface area contributed by atoms with Crippen LogP contribution in [0.1, 0.15) is 66.8 Å². The molecule has 0 radical (unpaired) electrons. The Morgan fingerprint density at radius 1 is 0.200 bits per heavy atom. The molecule has 1 nitrogen and oxygen atoms in total. The molecule has 1 spiro atoms. The van der Waals surface area contributed by atoms with Gasteiger partial charge in [-0.2, -0.15) is 0 Å². The molecule has 1 atom stereocenters. The highest BCUT2D eigenvalue weighted by Gasteiger charge is 2.53. The third-order valence-electron chi connectivity index (χ3n) is 18.6. The van der Waals surface area contributed by atoms with Crippen LogP contribution in [-0.4, -0.2) is 0 Å². The maximum atomic E-state index is 2.57. The Balaban J connectivity index is 0.944. The quantitative estimate of drug-likeness (QED) is 0.154. The third kappa shape index (κ3) is 5.80. The van der Waals surface area contributed by atoms with Gasteiger partial charge in [0.25, 0.3) is 0 Å². The van der Waals surface area contributed by atoms with Crippen LogP contribution in [0.5, 0.6) is 0 Å². The van der Waals surface area contributed by atoms with Crippen LogP contribution in [0.15, 0.2) is 309 Å². The zero-order chi connectivity index (χ0) is 52.6. The maximum Gasteiger partial charge on any atom is 0.0726 e. The van der Waals surface area contributed by atoms with Gasteiger partial charge in [-0.3, -0.25) is 0 Å².